The fourth-order valence-electron chi connectivity index (χ4n) is 2.02. The molecule has 0 atom stereocenters. The maximum absolute atomic E-state index is 11.4. The molecule has 0 spiro atoms. The summed E-state index contributed by atoms with van der Waals surface area (Å²) in [7, 11) is 1.71. The predicted octanol–water partition coefficient (Wildman–Crippen LogP) is -0.0521. The summed E-state index contributed by atoms with van der Waals surface area (Å²) in [5, 5.41) is 16.9. The molecule has 1 aromatic rings. The van der Waals surface area contributed by atoms with Crippen LogP contribution in [0.3, 0.4) is 0 Å². The summed E-state index contributed by atoms with van der Waals surface area (Å²) in [6.07, 6.45) is 2.48. The monoisotopic (exact) mass is 211 g/mol. The Labute approximate surface area is 86.8 Å². The molecule has 0 radical (unpaired) electrons. The molecule has 6 nitrogen and oxygen atoms in total. The SMILES string of the molecule is Cn1nncc1C1(C(=O)O)CCOCC1. The van der Waals surface area contributed by atoms with E-state index in [1.165, 1.54) is 10.9 Å². The Morgan fingerprint density at radius 2 is 2.27 bits per heavy atom. The van der Waals surface area contributed by atoms with Gasteiger partial charge in [0.25, 0.3) is 0 Å². The van der Waals surface area contributed by atoms with Crippen molar-refractivity contribution in [1.29, 1.82) is 0 Å². The molecule has 0 amide bonds. The molecular weight excluding hydrogens is 198 g/mol. The molecule has 1 aliphatic heterocycles. The van der Waals surface area contributed by atoms with Gasteiger partial charge in [-0.25, -0.2) is 0 Å². The van der Waals surface area contributed by atoms with Crippen LogP contribution in [-0.4, -0.2) is 39.3 Å². The van der Waals surface area contributed by atoms with Crippen molar-refractivity contribution in [1.82, 2.24) is 15.0 Å². The Morgan fingerprint density at radius 3 is 2.73 bits per heavy atom. The minimum absolute atomic E-state index is 0.470. The Balaban J connectivity index is 2.42. The average Bonchev–Trinajstić information content (AvgIpc) is 2.66. The summed E-state index contributed by atoms with van der Waals surface area (Å²) in [4.78, 5) is 11.4. The molecule has 1 fully saturated rings. The van der Waals surface area contributed by atoms with Gasteiger partial charge < -0.3 is 9.84 Å². The van der Waals surface area contributed by atoms with E-state index < -0.39 is 11.4 Å². The van der Waals surface area contributed by atoms with Crippen molar-refractivity contribution < 1.29 is 14.6 Å². The third-order valence-electron chi connectivity index (χ3n) is 2.96. The normalized spacial score (nSPS) is 20.1. The van der Waals surface area contributed by atoms with Crippen LogP contribution in [0, 0.1) is 0 Å². The molecular formula is C9H13N3O3. The van der Waals surface area contributed by atoms with E-state index in [0.717, 1.165) is 0 Å². The first kappa shape index (κ1) is 10.1. The summed E-state index contributed by atoms with van der Waals surface area (Å²) < 4.78 is 6.73. The number of aryl methyl sites for hydroxylation is 1. The summed E-state index contributed by atoms with van der Waals surface area (Å²) in [6, 6.07) is 0. The van der Waals surface area contributed by atoms with Crippen LogP contribution in [-0.2, 0) is 22.0 Å². The van der Waals surface area contributed by atoms with E-state index in [4.69, 9.17) is 4.74 Å². The van der Waals surface area contributed by atoms with Crippen LogP contribution in [0.4, 0.5) is 0 Å². The summed E-state index contributed by atoms with van der Waals surface area (Å²) in [5.41, 5.74) is -0.227. The van der Waals surface area contributed by atoms with Gasteiger partial charge in [-0.1, -0.05) is 5.21 Å². The van der Waals surface area contributed by atoms with Crippen molar-refractivity contribution in [3.63, 3.8) is 0 Å². The van der Waals surface area contributed by atoms with E-state index >= 15 is 0 Å². The van der Waals surface area contributed by atoms with Gasteiger partial charge in [0, 0.05) is 20.3 Å². The van der Waals surface area contributed by atoms with Gasteiger partial charge in [0.1, 0.15) is 5.41 Å². The number of hydrogen-bond donors (Lipinski definition) is 1. The Kier molecular flexibility index (Phi) is 2.44. The number of ether oxygens (including phenoxy) is 1. The van der Waals surface area contributed by atoms with Crippen LogP contribution >= 0.6 is 0 Å². The number of carboxylic acids is 1. The van der Waals surface area contributed by atoms with Crippen LogP contribution in [0.2, 0.25) is 0 Å². The van der Waals surface area contributed by atoms with Gasteiger partial charge in [0.2, 0.25) is 0 Å². The van der Waals surface area contributed by atoms with Crippen LogP contribution in [0.1, 0.15) is 18.5 Å². The summed E-state index contributed by atoms with van der Waals surface area (Å²) in [6.45, 7) is 0.939. The van der Waals surface area contributed by atoms with E-state index in [0.29, 0.717) is 31.7 Å². The van der Waals surface area contributed by atoms with Crippen molar-refractivity contribution in [3.05, 3.63) is 11.9 Å². The Hall–Kier alpha value is -1.43. The molecule has 0 aliphatic carbocycles. The van der Waals surface area contributed by atoms with Crippen molar-refractivity contribution in [3.8, 4) is 0 Å². The van der Waals surface area contributed by atoms with Crippen molar-refractivity contribution in [2.24, 2.45) is 7.05 Å². The predicted molar refractivity (Wildman–Crippen MR) is 50.4 cm³/mol. The van der Waals surface area contributed by atoms with Gasteiger partial charge >= 0.3 is 5.97 Å². The number of carbonyl (C=O) groups is 1. The molecule has 82 valence electrons. The van der Waals surface area contributed by atoms with Crippen molar-refractivity contribution in [2.45, 2.75) is 18.3 Å². The number of aromatic nitrogens is 3. The first-order valence-electron chi connectivity index (χ1n) is 4.83. The molecule has 0 unspecified atom stereocenters. The quantitative estimate of drug-likeness (QED) is 0.742. The van der Waals surface area contributed by atoms with E-state index in [1.807, 2.05) is 0 Å². The van der Waals surface area contributed by atoms with Crippen molar-refractivity contribution in [2.75, 3.05) is 13.2 Å². The second-order valence-corrected chi connectivity index (χ2v) is 3.74. The number of nitrogens with zero attached hydrogens (tertiary/aromatic N) is 3. The second kappa shape index (κ2) is 3.62. The number of rotatable bonds is 2. The van der Waals surface area contributed by atoms with Crippen LogP contribution < -0.4 is 0 Å². The van der Waals surface area contributed by atoms with E-state index in [2.05, 4.69) is 10.3 Å². The smallest absolute Gasteiger partial charge is 0.315 e. The zero-order valence-electron chi connectivity index (χ0n) is 8.51. The standard InChI is InChI=1S/C9H13N3O3/c1-12-7(6-10-11-12)9(8(13)14)2-4-15-5-3-9/h6H,2-5H2,1H3,(H,13,14). The van der Waals surface area contributed by atoms with Gasteiger partial charge in [-0.15, -0.1) is 5.10 Å². The van der Waals surface area contributed by atoms with E-state index in [9.17, 15) is 9.90 Å². The maximum Gasteiger partial charge on any atom is 0.315 e. The molecule has 6 heteroatoms. The fraction of sp³-hybridized carbons (Fsp3) is 0.667. The third kappa shape index (κ3) is 1.50. The second-order valence-electron chi connectivity index (χ2n) is 3.74. The summed E-state index contributed by atoms with van der Waals surface area (Å²) in [5.74, 6) is -0.823. The highest BCUT2D eigenvalue weighted by Gasteiger charge is 2.44. The highest BCUT2D eigenvalue weighted by molar-refractivity contribution is 5.80. The molecule has 1 N–H and O–H groups in total. The first-order valence-corrected chi connectivity index (χ1v) is 4.83. The van der Waals surface area contributed by atoms with Gasteiger partial charge in [-0.3, -0.25) is 9.48 Å². The van der Waals surface area contributed by atoms with Gasteiger partial charge in [-0.05, 0) is 12.8 Å². The zero-order chi connectivity index (χ0) is 10.9. The highest BCUT2D eigenvalue weighted by Crippen LogP contribution is 2.34. The molecule has 1 aromatic heterocycles. The van der Waals surface area contributed by atoms with Crippen LogP contribution in [0.5, 0.6) is 0 Å². The largest absolute Gasteiger partial charge is 0.481 e. The van der Waals surface area contributed by atoms with Gasteiger partial charge in [0.05, 0.1) is 11.9 Å². The third-order valence-corrected chi connectivity index (χ3v) is 2.96. The van der Waals surface area contributed by atoms with Gasteiger partial charge in [-0.2, -0.15) is 0 Å². The molecule has 0 bridgehead atoms. The molecule has 15 heavy (non-hydrogen) atoms. The number of aliphatic carboxylic acids is 1. The fourth-order valence-corrected chi connectivity index (χ4v) is 2.02. The van der Waals surface area contributed by atoms with E-state index in [1.54, 1.807) is 7.05 Å². The molecule has 1 aliphatic rings. The minimum atomic E-state index is -0.878. The van der Waals surface area contributed by atoms with Crippen LogP contribution in [0.25, 0.3) is 0 Å². The van der Waals surface area contributed by atoms with Crippen LogP contribution in [0.15, 0.2) is 6.20 Å². The lowest BCUT2D eigenvalue weighted by molar-refractivity contribution is -0.148. The number of hydrogen-bond acceptors (Lipinski definition) is 4. The summed E-state index contributed by atoms with van der Waals surface area (Å²) >= 11 is 0. The topological polar surface area (TPSA) is 77.2 Å². The highest BCUT2D eigenvalue weighted by atomic mass is 16.5. The Morgan fingerprint density at radius 1 is 1.60 bits per heavy atom. The first-order chi connectivity index (χ1) is 7.17. The zero-order valence-corrected chi connectivity index (χ0v) is 8.51. The molecule has 0 aromatic carbocycles. The lowest BCUT2D eigenvalue weighted by Gasteiger charge is -2.32. The van der Waals surface area contributed by atoms with Gasteiger partial charge in [0.15, 0.2) is 0 Å². The molecule has 2 heterocycles. The lowest BCUT2D eigenvalue weighted by Crippen LogP contribution is -2.42. The minimum Gasteiger partial charge on any atom is -0.481 e. The van der Waals surface area contributed by atoms with E-state index in [-0.39, 0.29) is 0 Å². The van der Waals surface area contributed by atoms with Crippen molar-refractivity contribution >= 4 is 5.97 Å². The number of carboxylic acid groups (broad SMARTS) is 1. The average molecular weight is 211 g/mol. The molecule has 0 saturated carbocycles. The Bertz CT molecular complexity index is 368. The molecule has 1 saturated heterocycles. The lowest BCUT2D eigenvalue weighted by atomic mass is 9.77. The molecule has 2 rings (SSSR count). The maximum atomic E-state index is 11.4.